The largest absolute Gasteiger partial charge is 0.399 e. The number of carbonyl (C=O) groups is 1. The molecule has 3 rings (SSSR count). The van der Waals surface area contributed by atoms with Gasteiger partial charge >= 0.3 is 6.18 Å². The zero-order valence-corrected chi connectivity index (χ0v) is 20.6. The summed E-state index contributed by atoms with van der Waals surface area (Å²) in [5.74, 6) is -2.27. The summed E-state index contributed by atoms with van der Waals surface area (Å²) in [6.45, 7) is 1.96. The SMILES string of the molecule is Cc1cc(/C=C/C(c2cc(Cl)c(Cl)c(Cl)c2)C(F)(F)F)ccc1C(=O)NCc1ccc(Cl)nc1. The van der Waals surface area contributed by atoms with Crippen molar-refractivity contribution in [2.45, 2.75) is 25.6 Å². The number of alkyl halides is 3. The number of hydrogen-bond acceptors (Lipinski definition) is 2. The molecule has 0 radical (unpaired) electrons. The number of rotatable bonds is 6. The van der Waals surface area contributed by atoms with Crippen LogP contribution in [-0.2, 0) is 6.54 Å². The maximum Gasteiger partial charge on any atom is 0.399 e. The van der Waals surface area contributed by atoms with Gasteiger partial charge in [0.2, 0.25) is 0 Å². The molecule has 0 saturated carbocycles. The Morgan fingerprint density at radius 1 is 1.06 bits per heavy atom. The van der Waals surface area contributed by atoms with Crippen molar-refractivity contribution in [3.05, 3.63) is 103 Å². The van der Waals surface area contributed by atoms with Gasteiger partial charge in [-0.15, -0.1) is 0 Å². The Hall–Kier alpha value is -2.25. The van der Waals surface area contributed by atoms with E-state index in [9.17, 15) is 18.0 Å². The minimum absolute atomic E-state index is 0.00574. The van der Waals surface area contributed by atoms with Crippen molar-refractivity contribution >= 4 is 58.4 Å². The van der Waals surface area contributed by atoms with Gasteiger partial charge in [0.05, 0.1) is 21.0 Å². The Labute approximate surface area is 214 Å². The van der Waals surface area contributed by atoms with Gasteiger partial charge < -0.3 is 5.32 Å². The Balaban J connectivity index is 1.77. The maximum atomic E-state index is 13.7. The number of hydrogen-bond donors (Lipinski definition) is 1. The summed E-state index contributed by atoms with van der Waals surface area (Å²) in [7, 11) is 0. The lowest BCUT2D eigenvalue weighted by atomic mass is 9.96. The molecular weight excluding hydrogens is 531 g/mol. The van der Waals surface area contributed by atoms with Gasteiger partial charge in [-0.3, -0.25) is 4.79 Å². The second kappa shape index (κ2) is 11.0. The van der Waals surface area contributed by atoms with Crippen LogP contribution in [0.4, 0.5) is 13.2 Å². The summed E-state index contributed by atoms with van der Waals surface area (Å²) in [5, 5.41) is 3.00. The topological polar surface area (TPSA) is 42.0 Å². The van der Waals surface area contributed by atoms with E-state index in [1.165, 1.54) is 6.08 Å². The molecule has 3 nitrogen and oxygen atoms in total. The van der Waals surface area contributed by atoms with Gasteiger partial charge in [-0.2, -0.15) is 13.2 Å². The third-order valence-corrected chi connectivity index (χ3v) is 6.36. The lowest BCUT2D eigenvalue weighted by molar-refractivity contribution is -0.139. The molecule has 2 aromatic carbocycles. The molecule has 1 atom stereocenters. The highest BCUT2D eigenvalue weighted by molar-refractivity contribution is 6.48. The van der Waals surface area contributed by atoms with Crippen LogP contribution in [-0.4, -0.2) is 17.1 Å². The van der Waals surface area contributed by atoms with E-state index in [0.717, 1.165) is 23.8 Å². The first-order chi connectivity index (χ1) is 16.0. The molecule has 1 aromatic heterocycles. The fourth-order valence-corrected chi connectivity index (χ4v) is 3.93. The quantitative estimate of drug-likeness (QED) is 0.249. The molecule has 0 saturated heterocycles. The monoisotopic (exact) mass is 546 g/mol. The summed E-state index contributed by atoms with van der Waals surface area (Å²) in [4.78, 5) is 16.5. The van der Waals surface area contributed by atoms with Crippen LogP contribution in [0.1, 0.15) is 38.5 Å². The van der Waals surface area contributed by atoms with Crippen LogP contribution in [0.15, 0.2) is 54.7 Å². The van der Waals surface area contributed by atoms with E-state index < -0.39 is 12.1 Å². The van der Waals surface area contributed by atoms with Crippen LogP contribution in [0.25, 0.3) is 6.08 Å². The number of amides is 1. The van der Waals surface area contributed by atoms with Crippen molar-refractivity contribution in [2.24, 2.45) is 0 Å². The lowest BCUT2D eigenvalue weighted by Crippen LogP contribution is -2.23. The molecule has 34 heavy (non-hydrogen) atoms. The number of halogens is 7. The summed E-state index contributed by atoms with van der Waals surface area (Å²) in [6, 6.07) is 10.4. The minimum atomic E-state index is -4.58. The molecule has 1 N–H and O–H groups in total. The molecule has 0 bridgehead atoms. The van der Waals surface area contributed by atoms with E-state index in [2.05, 4.69) is 10.3 Å². The first-order valence-corrected chi connectivity index (χ1v) is 11.4. The smallest absolute Gasteiger partial charge is 0.348 e. The highest BCUT2D eigenvalue weighted by atomic mass is 35.5. The Morgan fingerprint density at radius 3 is 2.29 bits per heavy atom. The second-order valence-corrected chi connectivity index (χ2v) is 9.00. The van der Waals surface area contributed by atoms with E-state index >= 15 is 0 Å². The normalized spacial score (nSPS) is 12.7. The van der Waals surface area contributed by atoms with Crippen molar-refractivity contribution in [3.8, 4) is 0 Å². The Morgan fingerprint density at radius 2 is 1.74 bits per heavy atom. The van der Waals surface area contributed by atoms with Gasteiger partial charge in [0.1, 0.15) is 5.15 Å². The van der Waals surface area contributed by atoms with E-state index in [-0.39, 0.29) is 33.1 Å². The molecule has 0 aliphatic heterocycles. The first-order valence-electron chi connectivity index (χ1n) is 9.84. The molecule has 3 aromatic rings. The van der Waals surface area contributed by atoms with Crippen LogP contribution in [0.2, 0.25) is 20.2 Å². The van der Waals surface area contributed by atoms with Gasteiger partial charge in [-0.1, -0.05) is 76.8 Å². The summed E-state index contributed by atoms with van der Waals surface area (Å²) < 4.78 is 41.2. The van der Waals surface area contributed by atoms with Crippen LogP contribution in [0.5, 0.6) is 0 Å². The van der Waals surface area contributed by atoms with Crippen LogP contribution in [0.3, 0.4) is 0 Å². The number of nitrogens with zero attached hydrogens (tertiary/aromatic N) is 1. The highest BCUT2D eigenvalue weighted by Gasteiger charge is 2.39. The van der Waals surface area contributed by atoms with E-state index in [0.29, 0.717) is 21.8 Å². The lowest BCUT2D eigenvalue weighted by Gasteiger charge is -2.18. The number of pyridine rings is 1. The van der Waals surface area contributed by atoms with Gasteiger partial charge in [0.25, 0.3) is 5.91 Å². The van der Waals surface area contributed by atoms with Crippen molar-refractivity contribution in [1.29, 1.82) is 0 Å². The van der Waals surface area contributed by atoms with E-state index in [1.54, 1.807) is 43.5 Å². The predicted molar refractivity (Wildman–Crippen MR) is 131 cm³/mol. The maximum absolute atomic E-state index is 13.7. The first kappa shape index (κ1) is 26.4. The van der Waals surface area contributed by atoms with E-state index in [1.807, 2.05) is 0 Å². The summed E-state index contributed by atoms with van der Waals surface area (Å²) in [6.07, 6.45) is -0.676. The average molecular weight is 548 g/mol. The third kappa shape index (κ3) is 6.66. The minimum Gasteiger partial charge on any atom is -0.348 e. The van der Waals surface area contributed by atoms with Gasteiger partial charge in [-0.25, -0.2) is 4.98 Å². The third-order valence-electron chi connectivity index (χ3n) is 4.94. The van der Waals surface area contributed by atoms with Crippen LogP contribution >= 0.6 is 46.4 Å². The number of benzene rings is 2. The van der Waals surface area contributed by atoms with Gasteiger partial charge in [0.15, 0.2) is 0 Å². The Kier molecular flexibility index (Phi) is 8.52. The molecule has 1 heterocycles. The molecule has 10 heteroatoms. The second-order valence-electron chi connectivity index (χ2n) is 7.42. The summed E-state index contributed by atoms with van der Waals surface area (Å²) in [5.41, 5.74) is 2.15. The van der Waals surface area contributed by atoms with Gasteiger partial charge in [0, 0.05) is 18.3 Å². The highest BCUT2D eigenvalue weighted by Crippen LogP contribution is 2.41. The molecule has 0 aliphatic carbocycles. The zero-order valence-electron chi connectivity index (χ0n) is 17.6. The standard InChI is InChI=1S/C24H17Cl4F3N2O/c1-13-8-14(2-5-17(13)23(34)33-12-15-4-7-21(27)32-11-15)3-6-18(24(29,30)31)16-9-19(25)22(28)20(26)10-16/h2-11,18H,12H2,1H3,(H,33,34)/b6-3+. The number of aromatic nitrogens is 1. The van der Waals surface area contributed by atoms with Crippen molar-refractivity contribution in [3.63, 3.8) is 0 Å². The van der Waals surface area contributed by atoms with Crippen LogP contribution < -0.4 is 5.32 Å². The number of aryl methyl sites for hydroxylation is 1. The van der Waals surface area contributed by atoms with E-state index in [4.69, 9.17) is 46.4 Å². The van der Waals surface area contributed by atoms with Crippen molar-refractivity contribution < 1.29 is 18.0 Å². The number of carbonyl (C=O) groups excluding carboxylic acids is 1. The average Bonchev–Trinajstić information content (AvgIpc) is 2.76. The summed E-state index contributed by atoms with van der Waals surface area (Å²) >= 11 is 23.4. The molecule has 0 fully saturated rings. The molecule has 0 spiro atoms. The van der Waals surface area contributed by atoms with Gasteiger partial charge in [-0.05, 0) is 53.4 Å². The number of nitrogens with one attached hydrogen (secondary N) is 1. The van der Waals surface area contributed by atoms with Crippen molar-refractivity contribution in [2.75, 3.05) is 0 Å². The Bertz CT molecular complexity index is 1200. The van der Waals surface area contributed by atoms with Crippen molar-refractivity contribution in [1.82, 2.24) is 10.3 Å². The molecule has 1 unspecified atom stereocenters. The fraction of sp³-hybridized carbons (Fsp3) is 0.167. The predicted octanol–water partition coefficient (Wildman–Crippen LogP) is 8.29. The molecule has 1 amide bonds. The molecular formula is C24H17Cl4F3N2O. The zero-order chi connectivity index (χ0) is 25.0. The van der Waals surface area contributed by atoms with Crippen LogP contribution in [0, 0.1) is 6.92 Å². The molecule has 0 aliphatic rings. The number of allylic oxidation sites excluding steroid dienone is 1. The molecule has 178 valence electrons. The fourth-order valence-electron chi connectivity index (χ4n) is 3.21.